The van der Waals surface area contributed by atoms with E-state index in [9.17, 15) is 23.1 Å². The van der Waals surface area contributed by atoms with Crippen LogP contribution in [0.3, 0.4) is 0 Å². The Kier molecular flexibility index (Phi) is 4.17. The van der Waals surface area contributed by atoms with Crippen molar-refractivity contribution in [2.75, 3.05) is 18.2 Å². The van der Waals surface area contributed by atoms with Crippen molar-refractivity contribution < 1.29 is 18.3 Å². The van der Waals surface area contributed by atoms with Gasteiger partial charge in [-0.15, -0.1) is 0 Å². The minimum absolute atomic E-state index is 0.0714. The lowest BCUT2D eigenvalue weighted by Crippen LogP contribution is -2.35. The molecule has 0 amide bonds. The monoisotopic (exact) mass is 345 g/mol. The summed E-state index contributed by atoms with van der Waals surface area (Å²) in [5, 5.41) is 12.4. The van der Waals surface area contributed by atoms with Crippen molar-refractivity contribution in [2.24, 2.45) is 0 Å². The van der Waals surface area contributed by atoms with E-state index in [4.69, 9.17) is 16.3 Å². The van der Waals surface area contributed by atoms with E-state index in [1.165, 1.54) is 12.1 Å². The first-order valence-electron chi connectivity index (χ1n) is 6.13. The quantitative estimate of drug-likeness (QED) is 0.618. The van der Waals surface area contributed by atoms with Gasteiger partial charge in [0.05, 0.1) is 17.3 Å². The Morgan fingerprint density at radius 3 is 2.45 bits per heavy atom. The van der Waals surface area contributed by atoms with Crippen LogP contribution in [-0.2, 0) is 9.84 Å². The third kappa shape index (κ3) is 2.67. The molecule has 0 saturated heterocycles. The van der Waals surface area contributed by atoms with Gasteiger partial charge in [-0.05, 0) is 19.1 Å². The van der Waals surface area contributed by atoms with E-state index in [0.717, 1.165) is 6.26 Å². The molecule has 2 aromatic rings. The fraction of sp³-hybridized carbons (Fsp3) is 0.231. The first kappa shape index (κ1) is 16.3. The number of rotatable bonds is 5. The molecule has 2 N–H and O–H groups in total. The maximum absolute atomic E-state index is 11.6. The Bertz CT molecular complexity index is 911. The number of aromatic hydroxyl groups is 1. The molecule has 22 heavy (non-hydrogen) atoms. The van der Waals surface area contributed by atoms with Gasteiger partial charge in [0.25, 0.3) is 10.9 Å². The van der Waals surface area contributed by atoms with Crippen LogP contribution in [0.25, 0.3) is 0 Å². The lowest BCUT2D eigenvalue weighted by atomic mass is 10.2. The number of hydrogen-bond acceptors (Lipinski definition) is 7. The first-order valence-corrected chi connectivity index (χ1v) is 8.40. The van der Waals surface area contributed by atoms with Crippen LogP contribution in [0, 0.1) is 0 Å². The number of ether oxygens (including phenoxy) is 1. The molecule has 0 unspecified atom stereocenters. The molecule has 2 aromatic carbocycles. The summed E-state index contributed by atoms with van der Waals surface area (Å²) >= 11 is 5.78. The van der Waals surface area contributed by atoms with Crippen LogP contribution in [0.4, 0.5) is 11.4 Å². The molecular weight excluding hydrogens is 334 g/mol. The van der Waals surface area contributed by atoms with Crippen molar-refractivity contribution in [3.8, 4) is 11.5 Å². The van der Waals surface area contributed by atoms with Gasteiger partial charge < -0.3 is 15.2 Å². The Hall–Kier alpha value is -2.06. The molecule has 9 heteroatoms. The molecule has 0 atom stereocenters. The van der Waals surface area contributed by atoms with Gasteiger partial charge in [0.15, 0.2) is 21.3 Å². The summed E-state index contributed by atoms with van der Waals surface area (Å²) in [6.45, 7) is 1.82. The lowest BCUT2D eigenvalue weighted by Gasteiger charge is -2.15. The van der Waals surface area contributed by atoms with Crippen LogP contribution in [0.2, 0.25) is 5.02 Å². The van der Waals surface area contributed by atoms with Crippen LogP contribution in [-0.4, -0.2) is 26.4 Å². The molecular formula is C13H12ClNO6S. The lowest BCUT2D eigenvalue weighted by molar-refractivity contribution is 0.335. The topological polar surface area (TPSA) is 110 Å². The largest absolute Gasteiger partial charge is 0.504 e. The third-order valence-electron chi connectivity index (χ3n) is 2.87. The van der Waals surface area contributed by atoms with Crippen molar-refractivity contribution >= 4 is 32.8 Å². The Morgan fingerprint density at radius 1 is 1.27 bits per heavy atom. The van der Waals surface area contributed by atoms with Gasteiger partial charge >= 0.3 is 0 Å². The normalized spacial score (nSPS) is 11.6. The number of nitrogens with one attached hydrogen (secondary N) is 1. The predicted octanol–water partition coefficient (Wildman–Crippen LogP) is 1.19. The highest BCUT2D eigenvalue weighted by atomic mass is 35.5. The molecule has 0 bridgehead atoms. The van der Waals surface area contributed by atoms with E-state index >= 15 is 0 Å². The van der Waals surface area contributed by atoms with Crippen LogP contribution in [0.5, 0.6) is 11.5 Å². The zero-order valence-corrected chi connectivity index (χ0v) is 13.2. The highest BCUT2D eigenvalue weighted by molar-refractivity contribution is 7.91. The van der Waals surface area contributed by atoms with E-state index in [1.807, 2.05) is 0 Å². The predicted molar refractivity (Wildman–Crippen MR) is 82.0 cm³/mol. The number of halogens is 1. The second-order valence-electron chi connectivity index (χ2n) is 4.47. The van der Waals surface area contributed by atoms with E-state index in [-0.39, 0.29) is 28.8 Å². The number of sulfone groups is 1. The van der Waals surface area contributed by atoms with E-state index < -0.39 is 31.3 Å². The summed E-state index contributed by atoms with van der Waals surface area (Å²) in [6.07, 6.45) is 0.890. The molecule has 118 valence electrons. The van der Waals surface area contributed by atoms with Gasteiger partial charge in [-0.3, -0.25) is 9.59 Å². The van der Waals surface area contributed by atoms with Gasteiger partial charge in [0.2, 0.25) is 0 Å². The standard InChI is InChI=1S/C13H12ClNO6S/c1-3-21-12-8(10(17)11(12)18)15-7-5-4-6(14)13(9(7)16)22(2,19)20/h4-5,15-16H,3H2,1-2H3. The third-order valence-corrected chi connectivity index (χ3v) is 4.45. The zero-order valence-electron chi connectivity index (χ0n) is 11.6. The van der Waals surface area contributed by atoms with Crippen LogP contribution >= 0.6 is 11.6 Å². The summed E-state index contributed by atoms with van der Waals surface area (Å²) in [6, 6.07) is 2.55. The SMILES string of the molecule is CCOc1c(Nc2ccc(Cl)c(S(C)(=O)=O)c2O)c(=O)c1=O. The van der Waals surface area contributed by atoms with Crippen LogP contribution in [0.15, 0.2) is 26.6 Å². The molecule has 0 aliphatic heterocycles. The minimum atomic E-state index is -3.78. The number of benzene rings is 1. The van der Waals surface area contributed by atoms with Crippen molar-refractivity contribution in [3.63, 3.8) is 0 Å². The molecule has 2 rings (SSSR count). The molecule has 7 nitrogen and oxygen atoms in total. The summed E-state index contributed by atoms with van der Waals surface area (Å²) in [7, 11) is -3.78. The number of hydrogen-bond donors (Lipinski definition) is 2. The average molecular weight is 346 g/mol. The zero-order chi connectivity index (χ0) is 16.7. The number of phenols is 1. The minimum Gasteiger partial charge on any atom is -0.504 e. The van der Waals surface area contributed by atoms with Crippen LogP contribution in [0.1, 0.15) is 6.92 Å². The maximum Gasteiger partial charge on any atom is 0.272 e. The van der Waals surface area contributed by atoms with E-state index in [0.29, 0.717) is 0 Å². The average Bonchev–Trinajstić information content (AvgIpc) is 2.43. The molecule has 0 spiro atoms. The van der Waals surface area contributed by atoms with E-state index in [2.05, 4.69) is 5.32 Å². The fourth-order valence-corrected chi connectivity index (χ4v) is 3.36. The van der Waals surface area contributed by atoms with Gasteiger partial charge in [0, 0.05) is 6.26 Å². The molecule has 0 saturated carbocycles. The Morgan fingerprint density at radius 2 is 1.91 bits per heavy atom. The van der Waals surface area contributed by atoms with Crippen molar-refractivity contribution in [2.45, 2.75) is 11.8 Å². The first-order chi connectivity index (χ1) is 10.2. The fourth-order valence-electron chi connectivity index (χ4n) is 1.90. The number of anilines is 2. The van der Waals surface area contributed by atoms with Gasteiger partial charge in [-0.1, -0.05) is 11.6 Å². The molecule has 0 radical (unpaired) electrons. The molecule has 0 aromatic heterocycles. The highest BCUT2D eigenvalue weighted by Gasteiger charge is 2.26. The molecule has 0 fully saturated rings. The summed E-state index contributed by atoms with van der Waals surface area (Å²) in [5.74, 6) is -0.784. The highest BCUT2D eigenvalue weighted by Crippen LogP contribution is 2.38. The molecule has 0 aliphatic carbocycles. The smallest absolute Gasteiger partial charge is 0.272 e. The van der Waals surface area contributed by atoms with Crippen LogP contribution < -0.4 is 20.9 Å². The molecule has 0 aliphatic rings. The molecule has 0 heterocycles. The van der Waals surface area contributed by atoms with Gasteiger partial charge in [-0.2, -0.15) is 0 Å². The second-order valence-corrected chi connectivity index (χ2v) is 6.83. The van der Waals surface area contributed by atoms with Crippen molar-refractivity contribution in [3.05, 3.63) is 37.6 Å². The Balaban J connectivity index is 2.51. The summed E-state index contributed by atoms with van der Waals surface area (Å²) < 4.78 is 28.3. The van der Waals surface area contributed by atoms with Crippen molar-refractivity contribution in [1.29, 1.82) is 0 Å². The maximum atomic E-state index is 11.6. The van der Waals surface area contributed by atoms with Gasteiger partial charge in [0.1, 0.15) is 10.6 Å². The second kappa shape index (κ2) is 5.62. The van der Waals surface area contributed by atoms with Gasteiger partial charge in [-0.25, -0.2) is 8.42 Å². The van der Waals surface area contributed by atoms with E-state index in [1.54, 1.807) is 6.92 Å². The summed E-state index contributed by atoms with van der Waals surface area (Å²) in [5.41, 5.74) is -1.79. The Labute approximate surface area is 130 Å². The summed E-state index contributed by atoms with van der Waals surface area (Å²) in [4.78, 5) is 22.4. The van der Waals surface area contributed by atoms with Crippen molar-refractivity contribution in [1.82, 2.24) is 0 Å². The number of phenolic OH excluding ortho intramolecular Hbond substituents is 1.